The fraction of sp³-hybridized carbons (Fsp3) is 0.0667. The van der Waals surface area contributed by atoms with Gasteiger partial charge in [-0.25, -0.2) is 0 Å². The van der Waals surface area contributed by atoms with E-state index in [4.69, 9.17) is 0 Å². The van der Waals surface area contributed by atoms with Gasteiger partial charge >= 0.3 is 0 Å². The molecule has 0 heteroatoms. The lowest BCUT2D eigenvalue weighted by atomic mass is 9.99. The SMILES string of the molecule is [C]1=CC2C(=C1)c1cccc3cccc2c13. The Bertz CT molecular complexity index is 624. The summed E-state index contributed by atoms with van der Waals surface area (Å²) in [6, 6.07) is 13.1. The first-order chi connectivity index (χ1) is 7.45. The highest BCUT2D eigenvalue weighted by atomic mass is 14.3. The molecule has 2 aliphatic carbocycles. The average molecular weight is 189 g/mol. The molecule has 2 aromatic carbocycles. The van der Waals surface area contributed by atoms with Gasteiger partial charge in [0.05, 0.1) is 0 Å². The van der Waals surface area contributed by atoms with Crippen LogP contribution in [-0.4, -0.2) is 0 Å². The summed E-state index contributed by atoms with van der Waals surface area (Å²) in [4.78, 5) is 0. The quantitative estimate of drug-likeness (QED) is 0.593. The summed E-state index contributed by atoms with van der Waals surface area (Å²) < 4.78 is 0. The van der Waals surface area contributed by atoms with Crippen molar-refractivity contribution in [3.05, 3.63) is 65.8 Å². The van der Waals surface area contributed by atoms with Crippen molar-refractivity contribution >= 4 is 16.3 Å². The van der Waals surface area contributed by atoms with Gasteiger partial charge in [-0.2, -0.15) is 0 Å². The third-order valence-corrected chi connectivity index (χ3v) is 3.42. The first-order valence-corrected chi connectivity index (χ1v) is 5.26. The van der Waals surface area contributed by atoms with Gasteiger partial charge in [-0.15, -0.1) is 0 Å². The average Bonchev–Trinajstić information content (AvgIpc) is 2.84. The third kappa shape index (κ3) is 0.782. The minimum absolute atomic E-state index is 0.464. The molecule has 0 spiro atoms. The molecular weight excluding hydrogens is 180 g/mol. The predicted octanol–water partition coefficient (Wildman–Crippen LogP) is 3.69. The van der Waals surface area contributed by atoms with E-state index in [1.807, 2.05) is 0 Å². The topological polar surface area (TPSA) is 0 Å². The molecular formula is C15H9. The summed E-state index contributed by atoms with van der Waals surface area (Å²) in [7, 11) is 0. The molecule has 0 saturated heterocycles. The molecule has 2 aromatic rings. The molecule has 1 unspecified atom stereocenters. The minimum Gasteiger partial charge on any atom is -0.0647 e. The normalized spacial score (nSPS) is 20.8. The lowest BCUT2D eigenvalue weighted by Crippen LogP contribution is -1.85. The van der Waals surface area contributed by atoms with Gasteiger partial charge < -0.3 is 0 Å². The highest BCUT2D eigenvalue weighted by molar-refractivity contribution is 6.04. The molecule has 0 amide bonds. The number of rotatable bonds is 0. The molecule has 1 radical (unpaired) electrons. The monoisotopic (exact) mass is 189 g/mol. The number of benzene rings is 2. The zero-order valence-corrected chi connectivity index (χ0v) is 8.20. The lowest BCUT2D eigenvalue weighted by Gasteiger charge is -2.03. The molecule has 0 nitrogen and oxygen atoms in total. The van der Waals surface area contributed by atoms with Gasteiger partial charge in [0.2, 0.25) is 0 Å². The smallest absolute Gasteiger partial charge is 0.0291 e. The van der Waals surface area contributed by atoms with Crippen LogP contribution in [0.5, 0.6) is 0 Å². The zero-order chi connectivity index (χ0) is 9.83. The molecule has 4 rings (SSSR count). The Morgan fingerprint density at radius 1 is 1.00 bits per heavy atom. The van der Waals surface area contributed by atoms with Crippen molar-refractivity contribution in [3.63, 3.8) is 0 Å². The Morgan fingerprint density at radius 3 is 2.80 bits per heavy atom. The van der Waals surface area contributed by atoms with Crippen molar-refractivity contribution in [1.29, 1.82) is 0 Å². The Hall–Kier alpha value is -1.82. The van der Waals surface area contributed by atoms with Crippen LogP contribution in [-0.2, 0) is 0 Å². The fourth-order valence-electron chi connectivity index (χ4n) is 2.79. The molecule has 0 bridgehead atoms. The van der Waals surface area contributed by atoms with Gasteiger partial charge in [-0.05, 0) is 39.6 Å². The standard InChI is InChI=1S/C15H9/c1-4-10-5-2-9-14-12-7-3-6-11(12)13(8-1)15(10)14/h1-2,4-9,11H. The van der Waals surface area contributed by atoms with E-state index in [0.29, 0.717) is 5.92 Å². The van der Waals surface area contributed by atoms with Gasteiger partial charge in [0, 0.05) is 5.92 Å². The second-order valence-electron chi connectivity index (χ2n) is 4.16. The first-order valence-electron chi connectivity index (χ1n) is 5.26. The largest absolute Gasteiger partial charge is 0.0647 e. The number of hydrogen-bond donors (Lipinski definition) is 0. The molecule has 0 fully saturated rings. The van der Waals surface area contributed by atoms with E-state index in [1.54, 1.807) is 0 Å². The van der Waals surface area contributed by atoms with Gasteiger partial charge in [0.25, 0.3) is 0 Å². The first kappa shape index (κ1) is 7.47. The summed E-state index contributed by atoms with van der Waals surface area (Å²) in [5.74, 6) is 0.464. The number of fused-ring (bicyclic) bond motifs is 3. The Kier molecular flexibility index (Phi) is 1.20. The highest BCUT2D eigenvalue weighted by Crippen LogP contribution is 2.48. The molecule has 69 valence electrons. The number of hydrogen-bond acceptors (Lipinski definition) is 0. The summed E-state index contributed by atoms with van der Waals surface area (Å²) in [5.41, 5.74) is 4.26. The maximum Gasteiger partial charge on any atom is 0.0291 e. The van der Waals surface area contributed by atoms with E-state index in [1.165, 1.54) is 27.5 Å². The van der Waals surface area contributed by atoms with Gasteiger partial charge in [-0.1, -0.05) is 42.5 Å². The Labute approximate surface area is 88.5 Å². The summed E-state index contributed by atoms with van der Waals surface area (Å²) >= 11 is 0. The van der Waals surface area contributed by atoms with E-state index in [0.717, 1.165) is 0 Å². The van der Waals surface area contributed by atoms with Gasteiger partial charge in [0.1, 0.15) is 0 Å². The molecule has 1 atom stereocenters. The Balaban J connectivity index is 2.25. The van der Waals surface area contributed by atoms with E-state index in [9.17, 15) is 0 Å². The molecule has 0 N–H and O–H groups in total. The molecule has 0 heterocycles. The molecule has 0 aromatic heterocycles. The molecule has 0 aliphatic heterocycles. The fourth-order valence-corrected chi connectivity index (χ4v) is 2.79. The van der Waals surface area contributed by atoms with Crippen molar-refractivity contribution in [2.75, 3.05) is 0 Å². The summed E-state index contributed by atoms with van der Waals surface area (Å²) in [5, 5.41) is 2.79. The Morgan fingerprint density at radius 2 is 1.87 bits per heavy atom. The third-order valence-electron chi connectivity index (χ3n) is 3.42. The zero-order valence-electron chi connectivity index (χ0n) is 8.20. The van der Waals surface area contributed by atoms with Crippen LogP contribution in [0.25, 0.3) is 16.3 Å². The summed E-state index contributed by atoms with van der Waals surface area (Å²) in [6.45, 7) is 0. The van der Waals surface area contributed by atoms with Gasteiger partial charge in [-0.3, -0.25) is 0 Å². The van der Waals surface area contributed by atoms with E-state index >= 15 is 0 Å². The van der Waals surface area contributed by atoms with Crippen molar-refractivity contribution < 1.29 is 0 Å². The second-order valence-corrected chi connectivity index (χ2v) is 4.16. The molecule has 2 aliphatic rings. The van der Waals surface area contributed by atoms with Crippen molar-refractivity contribution in [2.24, 2.45) is 0 Å². The van der Waals surface area contributed by atoms with Crippen LogP contribution in [0.15, 0.2) is 48.6 Å². The van der Waals surface area contributed by atoms with E-state index in [-0.39, 0.29) is 0 Å². The van der Waals surface area contributed by atoms with Crippen LogP contribution in [0.3, 0.4) is 0 Å². The van der Waals surface area contributed by atoms with Crippen LogP contribution < -0.4 is 0 Å². The van der Waals surface area contributed by atoms with Crippen LogP contribution in [0.4, 0.5) is 0 Å². The predicted molar refractivity (Wildman–Crippen MR) is 62.5 cm³/mol. The molecule has 15 heavy (non-hydrogen) atoms. The lowest BCUT2D eigenvalue weighted by molar-refractivity contribution is 1.18. The maximum absolute atomic E-state index is 3.22. The van der Waals surface area contributed by atoms with E-state index < -0.39 is 0 Å². The molecule has 0 saturated carbocycles. The number of allylic oxidation sites excluding steroid dienone is 4. The van der Waals surface area contributed by atoms with Crippen LogP contribution in [0.2, 0.25) is 0 Å². The summed E-state index contributed by atoms with van der Waals surface area (Å²) in [6.07, 6.45) is 7.52. The second kappa shape index (κ2) is 2.40. The van der Waals surface area contributed by atoms with Crippen LogP contribution >= 0.6 is 0 Å². The highest BCUT2D eigenvalue weighted by Gasteiger charge is 2.28. The maximum atomic E-state index is 3.22. The van der Waals surface area contributed by atoms with Crippen molar-refractivity contribution in [3.8, 4) is 0 Å². The van der Waals surface area contributed by atoms with Crippen molar-refractivity contribution in [2.45, 2.75) is 5.92 Å². The van der Waals surface area contributed by atoms with Crippen LogP contribution in [0, 0.1) is 6.08 Å². The van der Waals surface area contributed by atoms with Crippen molar-refractivity contribution in [1.82, 2.24) is 0 Å². The minimum atomic E-state index is 0.464. The van der Waals surface area contributed by atoms with E-state index in [2.05, 4.69) is 54.6 Å². The van der Waals surface area contributed by atoms with Crippen LogP contribution in [0.1, 0.15) is 17.0 Å². The van der Waals surface area contributed by atoms with Gasteiger partial charge in [0.15, 0.2) is 0 Å².